The first-order valence-corrected chi connectivity index (χ1v) is 6.55. The Labute approximate surface area is 113 Å². The molecule has 5 heteroatoms. The van der Waals surface area contributed by atoms with Gasteiger partial charge in [-0.1, -0.05) is 6.92 Å². The molecule has 0 atom stereocenters. The van der Waals surface area contributed by atoms with Gasteiger partial charge in [0.2, 0.25) is 0 Å². The Kier molecular flexibility index (Phi) is 6.60. The largest absolute Gasteiger partial charge is 0.352 e. The van der Waals surface area contributed by atoms with Crippen LogP contribution in [0.15, 0.2) is 24.3 Å². The van der Waals surface area contributed by atoms with Crippen LogP contribution in [0.2, 0.25) is 0 Å². The molecule has 0 aliphatic carbocycles. The zero-order chi connectivity index (χ0) is 14.1. The number of hydrogen-bond donors (Lipinski definition) is 3. The Balaban J connectivity index is 2.55. The molecule has 4 N–H and O–H groups in total. The molecule has 104 valence electrons. The molecule has 1 aromatic rings. The number of nitrogens with two attached hydrogens (primary N) is 1. The summed E-state index contributed by atoms with van der Waals surface area (Å²) in [4.78, 5) is 23.4. The quantitative estimate of drug-likeness (QED) is 0.639. The Bertz CT molecular complexity index is 415. The molecule has 0 aliphatic rings. The lowest BCUT2D eigenvalue weighted by molar-refractivity contribution is 0.0941. The molecule has 0 bridgehead atoms. The standard InChI is InChI=1S/C14H21N3O2/c1-2-9-16-13(18)11-4-6-12(7-5-11)14(19)17-10-3-8-15/h4-7H,2-3,8-10,15H2,1H3,(H,16,18)(H,17,19). The Morgan fingerprint density at radius 3 is 1.89 bits per heavy atom. The van der Waals surface area contributed by atoms with Crippen LogP contribution in [0.1, 0.15) is 40.5 Å². The van der Waals surface area contributed by atoms with Crippen LogP contribution in [0, 0.1) is 0 Å². The number of benzene rings is 1. The van der Waals surface area contributed by atoms with Crippen molar-refractivity contribution in [3.8, 4) is 0 Å². The molecule has 19 heavy (non-hydrogen) atoms. The average molecular weight is 263 g/mol. The Morgan fingerprint density at radius 1 is 1.00 bits per heavy atom. The highest BCUT2D eigenvalue weighted by atomic mass is 16.2. The lowest BCUT2D eigenvalue weighted by atomic mass is 10.1. The molecule has 0 saturated carbocycles. The molecular weight excluding hydrogens is 242 g/mol. The number of carbonyl (C=O) groups is 2. The predicted molar refractivity (Wildman–Crippen MR) is 75.1 cm³/mol. The van der Waals surface area contributed by atoms with Crippen molar-refractivity contribution in [1.82, 2.24) is 10.6 Å². The summed E-state index contributed by atoms with van der Waals surface area (Å²) in [6.45, 7) is 3.76. The van der Waals surface area contributed by atoms with Gasteiger partial charge in [0.1, 0.15) is 0 Å². The fourth-order valence-corrected chi connectivity index (χ4v) is 1.52. The van der Waals surface area contributed by atoms with Gasteiger partial charge in [-0.2, -0.15) is 0 Å². The van der Waals surface area contributed by atoms with Crippen LogP contribution in [0.3, 0.4) is 0 Å². The first-order chi connectivity index (χ1) is 9.19. The third-order valence-electron chi connectivity index (χ3n) is 2.61. The molecule has 0 fully saturated rings. The summed E-state index contributed by atoms with van der Waals surface area (Å²) in [5.74, 6) is -0.258. The summed E-state index contributed by atoms with van der Waals surface area (Å²) in [6, 6.07) is 6.61. The number of amides is 2. The smallest absolute Gasteiger partial charge is 0.251 e. The minimum atomic E-state index is -0.144. The maximum atomic E-state index is 11.7. The first-order valence-electron chi connectivity index (χ1n) is 6.55. The van der Waals surface area contributed by atoms with Gasteiger partial charge in [0.05, 0.1) is 0 Å². The number of carbonyl (C=O) groups excluding carboxylic acids is 2. The van der Waals surface area contributed by atoms with Crippen molar-refractivity contribution in [2.45, 2.75) is 19.8 Å². The van der Waals surface area contributed by atoms with Crippen LogP contribution in [0.5, 0.6) is 0 Å². The molecule has 0 aromatic heterocycles. The van der Waals surface area contributed by atoms with Gasteiger partial charge in [-0.05, 0) is 43.7 Å². The maximum Gasteiger partial charge on any atom is 0.251 e. The van der Waals surface area contributed by atoms with Crippen molar-refractivity contribution < 1.29 is 9.59 Å². The summed E-state index contributed by atoms with van der Waals surface area (Å²) in [6.07, 6.45) is 1.65. The zero-order valence-corrected chi connectivity index (χ0v) is 11.2. The Morgan fingerprint density at radius 2 is 1.47 bits per heavy atom. The first kappa shape index (κ1) is 15.2. The third-order valence-corrected chi connectivity index (χ3v) is 2.61. The van der Waals surface area contributed by atoms with E-state index in [9.17, 15) is 9.59 Å². The monoisotopic (exact) mass is 263 g/mol. The summed E-state index contributed by atoms with van der Waals surface area (Å²) >= 11 is 0. The molecule has 0 heterocycles. The van der Waals surface area contributed by atoms with Crippen molar-refractivity contribution in [3.63, 3.8) is 0 Å². The minimum Gasteiger partial charge on any atom is -0.352 e. The SMILES string of the molecule is CCCNC(=O)c1ccc(C(=O)NCCCN)cc1. The second kappa shape index (κ2) is 8.26. The molecule has 0 spiro atoms. The van der Waals surface area contributed by atoms with Gasteiger partial charge in [-0.15, -0.1) is 0 Å². The van der Waals surface area contributed by atoms with Crippen LogP contribution in [0.4, 0.5) is 0 Å². The van der Waals surface area contributed by atoms with Crippen LogP contribution in [0.25, 0.3) is 0 Å². The number of rotatable bonds is 7. The predicted octanol–water partition coefficient (Wildman–Crippen LogP) is 0.905. The highest BCUT2D eigenvalue weighted by Gasteiger charge is 2.07. The molecule has 0 radical (unpaired) electrons. The van der Waals surface area contributed by atoms with E-state index in [1.165, 1.54) is 0 Å². The molecule has 0 aliphatic heterocycles. The van der Waals surface area contributed by atoms with Crippen molar-refractivity contribution in [3.05, 3.63) is 35.4 Å². The van der Waals surface area contributed by atoms with E-state index in [1.807, 2.05) is 6.92 Å². The van der Waals surface area contributed by atoms with Gasteiger partial charge in [0.25, 0.3) is 11.8 Å². The van der Waals surface area contributed by atoms with Gasteiger partial charge in [-0.3, -0.25) is 9.59 Å². The summed E-state index contributed by atoms with van der Waals surface area (Å²) in [5, 5.41) is 5.55. The van der Waals surface area contributed by atoms with Crippen LogP contribution in [-0.2, 0) is 0 Å². The molecule has 0 saturated heterocycles. The molecule has 0 unspecified atom stereocenters. The zero-order valence-electron chi connectivity index (χ0n) is 11.2. The molecule has 1 rings (SSSR count). The van der Waals surface area contributed by atoms with Crippen LogP contribution >= 0.6 is 0 Å². The van der Waals surface area contributed by atoms with E-state index in [-0.39, 0.29) is 11.8 Å². The van der Waals surface area contributed by atoms with Gasteiger partial charge < -0.3 is 16.4 Å². The maximum absolute atomic E-state index is 11.7. The van der Waals surface area contributed by atoms with Crippen molar-refractivity contribution in [2.24, 2.45) is 5.73 Å². The van der Waals surface area contributed by atoms with Gasteiger partial charge in [0, 0.05) is 24.2 Å². The van der Waals surface area contributed by atoms with Crippen molar-refractivity contribution >= 4 is 11.8 Å². The lowest BCUT2D eigenvalue weighted by Crippen LogP contribution is -2.26. The second-order valence-corrected chi connectivity index (χ2v) is 4.23. The summed E-state index contributed by atoms with van der Waals surface area (Å²) in [5.41, 5.74) is 6.46. The van der Waals surface area contributed by atoms with E-state index in [0.29, 0.717) is 30.8 Å². The van der Waals surface area contributed by atoms with E-state index in [4.69, 9.17) is 5.73 Å². The third kappa shape index (κ3) is 5.09. The number of nitrogens with one attached hydrogen (secondary N) is 2. The molecule has 2 amide bonds. The summed E-state index contributed by atoms with van der Waals surface area (Å²) < 4.78 is 0. The van der Waals surface area contributed by atoms with Crippen LogP contribution in [-0.4, -0.2) is 31.4 Å². The second-order valence-electron chi connectivity index (χ2n) is 4.23. The minimum absolute atomic E-state index is 0.114. The van der Waals surface area contributed by atoms with Crippen LogP contribution < -0.4 is 16.4 Å². The van der Waals surface area contributed by atoms with Gasteiger partial charge >= 0.3 is 0 Å². The fourth-order valence-electron chi connectivity index (χ4n) is 1.52. The van der Waals surface area contributed by atoms with Crippen molar-refractivity contribution in [1.29, 1.82) is 0 Å². The summed E-state index contributed by atoms with van der Waals surface area (Å²) in [7, 11) is 0. The van der Waals surface area contributed by atoms with Gasteiger partial charge in [0.15, 0.2) is 0 Å². The Hall–Kier alpha value is -1.88. The van der Waals surface area contributed by atoms with E-state index in [1.54, 1.807) is 24.3 Å². The van der Waals surface area contributed by atoms with E-state index in [0.717, 1.165) is 12.8 Å². The fraction of sp³-hybridized carbons (Fsp3) is 0.429. The molecule has 1 aromatic carbocycles. The lowest BCUT2D eigenvalue weighted by Gasteiger charge is -2.06. The topological polar surface area (TPSA) is 84.2 Å². The normalized spacial score (nSPS) is 10.0. The highest BCUT2D eigenvalue weighted by Crippen LogP contribution is 2.04. The van der Waals surface area contributed by atoms with E-state index in [2.05, 4.69) is 10.6 Å². The van der Waals surface area contributed by atoms with E-state index < -0.39 is 0 Å². The van der Waals surface area contributed by atoms with E-state index >= 15 is 0 Å². The average Bonchev–Trinajstić information content (AvgIpc) is 2.45. The molecule has 5 nitrogen and oxygen atoms in total. The molecular formula is C14H21N3O2. The van der Waals surface area contributed by atoms with Gasteiger partial charge in [-0.25, -0.2) is 0 Å². The number of hydrogen-bond acceptors (Lipinski definition) is 3. The highest BCUT2D eigenvalue weighted by molar-refractivity contribution is 5.97. The van der Waals surface area contributed by atoms with Crippen molar-refractivity contribution in [2.75, 3.05) is 19.6 Å².